The van der Waals surface area contributed by atoms with E-state index in [2.05, 4.69) is 32.1 Å². The maximum atomic E-state index is 11.3. The number of rotatable bonds is 1. The summed E-state index contributed by atoms with van der Waals surface area (Å²) < 4.78 is 5.52. The molecule has 0 saturated heterocycles. The van der Waals surface area contributed by atoms with Crippen LogP contribution in [-0.4, -0.2) is 12.1 Å². The third-order valence-electron chi connectivity index (χ3n) is 7.69. The SMILES string of the molecule is CC(=O)OC1CCC2(C)C(=CCC3C4C=CCC4(C)CCC32)C1. The highest BCUT2D eigenvalue weighted by atomic mass is 16.5. The zero-order valence-electron chi connectivity index (χ0n) is 14.8. The number of ether oxygens (including phenoxy) is 1. The van der Waals surface area contributed by atoms with E-state index in [0.717, 1.165) is 30.6 Å². The molecule has 0 aromatic carbocycles. The predicted octanol–water partition coefficient (Wildman–Crippen LogP) is 5.05. The number of fused-ring (bicyclic) bond motifs is 5. The van der Waals surface area contributed by atoms with Gasteiger partial charge < -0.3 is 4.74 Å². The molecule has 23 heavy (non-hydrogen) atoms. The van der Waals surface area contributed by atoms with Crippen LogP contribution in [0.4, 0.5) is 0 Å². The lowest BCUT2D eigenvalue weighted by Gasteiger charge is -2.57. The molecule has 0 spiro atoms. The minimum Gasteiger partial charge on any atom is -0.462 e. The third kappa shape index (κ3) is 2.32. The fraction of sp³-hybridized carbons (Fsp3) is 0.762. The molecule has 2 heteroatoms. The Kier molecular flexibility index (Phi) is 3.52. The monoisotopic (exact) mass is 314 g/mol. The second kappa shape index (κ2) is 5.22. The zero-order valence-corrected chi connectivity index (χ0v) is 14.8. The second-order valence-electron chi connectivity index (χ2n) is 8.98. The van der Waals surface area contributed by atoms with Crippen LogP contribution in [0.1, 0.15) is 65.7 Å². The first kappa shape index (κ1) is 15.5. The van der Waals surface area contributed by atoms with Gasteiger partial charge in [-0.15, -0.1) is 0 Å². The summed E-state index contributed by atoms with van der Waals surface area (Å²) in [5, 5.41) is 0. The molecule has 0 aromatic heterocycles. The van der Waals surface area contributed by atoms with E-state index in [-0.39, 0.29) is 12.1 Å². The number of hydrogen-bond acceptors (Lipinski definition) is 2. The highest BCUT2D eigenvalue weighted by Gasteiger charge is 2.54. The van der Waals surface area contributed by atoms with Crippen molar-refractivity contribution in [3.63, 3.8) is 0 Å². The molecule has 126 valence electrons. The minimum atomic E-state index is -0.127. The van der Waals surface area contributed by atoms with Gasteiger partial charge in [-0.25, -0.2) is 0 Å². The van der Waals surface area contributed by atoms with Crippen LogP contribution in [0.3, 0.4) is 0 Å². The molecule has 0 bridgehead atoms. The number of hydrogen-bond donors (Lipinski definition) is 0. The Morgan fingerprint density at radius 2 is 2.09 bits per heavy atom. The Balaban J connectivity index is 1.59. The van der Waals surface area contributed by atoms with Crippen LogP contribution in [0.2, 0.25) is 0 Å². The molecule has 6 unspecified atom stereocenters. The van der Waals surface area contributed by atoms with Crippen molar-refractivity contribution >= 4 is 5.97 Å². The molecule has 0 heterocycles. The van der Waals surface area contributed by atoms with E-state index in [0.29, 0.717) is 10.8 Å². The van der Waals surface area contributed by atoms with Gasteiger partial charge in [0, 0.05) is 13.3 Å². The van der Waals surface area contributed by atoms with Gasteiger partial charge in [0.15, 0.2) is 0 Å². The normalized spacial score (nSPS) is 48.0. The molecule has 2 nitrogen and oxygen atoms in total. The van der Waals surface area contributed by atoms with Crippen molar-refractivity contribution in [2.45, 2.75) is 71.8 Å². The molecule has 0 amide bonds. The zero-order chi connectivity index (χ0) is 16.2. The van der Waals surface area contributed by atoms with Crippen LogP contribution in [0.15, 0.2) is 23.8 Å². The second-order valence-corrected chi connectivity index (χ2v) is 8.98. The quantitative estimate of drug-likeness (QED) is 0.500. The van der Waals surface area contributed by atoms with Crippen molar-refractivity contribution in [1.82, 2.24) is 0 Å². The first-order valence-corrected chi connectivity index (χ1v) is 9.46. The largest absolute Gasteiger partial charge is 0.462 e. The van der Waals surface area contributed by atoms with Gasteiger partial charge in [-0.3, -0.25) is 4.79 Å². The summed E-state index contributed by atoms with van der Waals surface area (Å²) in [5.41, 5.74) is 2.46. The van der Waals surface area contributed by atoms with Gasteiger partial charge in [0.25, 0.3) is 0 Å². The molecule has 4 rings (SSSR count). The maximum Gasteiger partial charge on any atom is 0.302 e. The Morgan fingerprint density at radius 1 is 1.26 bits per heavy atom. The van der Waals surface area contributed by atoms with Gasteiger partial charge in [0.2, 0.25) is 0 Å². The van der Waals surface area contributed by atoms with E-state index in [1.165, 1.54) is 39.0 Å². The van der Waals surface area contributed by atoms with E-state index in [9.17, 15) is 4.79 Å². The fourth-order valence-corrected chi connectivity index (χ4v) is 6.39. The fourth-order valence-electron chi connectivity index (χ4n) is 6.39. The van der Waals surface area contributed by atoms with Crippen molar-refractivity contribution in [2.75, 3.05) is 0 Å². The van der Waals surface area contributed by atoms with Crippen LogP contribution in [0.5, 0.6) is 0 Å². The van der Waals surface area contributed by atoms with Crippen molar-refractivity contribution < 1.29 is 9.53 Å². The number of carbonyl (C=O) groups is 1. The lowest BCUT2D eigenvalue weighted by molar-refractivity contribution is -0.148. The molecule has 2 saturated carbocycles. The lowest BCUT2D eigenvalue weighted by atomic mass is 9.48. The molecule has 4 aliphatic carbocycles. The molecule has 0 radical (unpaired) electrons. The summed E-state index contributed by atoms with van der Waals surface area (Å²) in [5.74, 6) is 2.30. The number of esters is 1. The summed E-state index contributed by atoms with van der Waals surface area (Å²) >= 11 is 0. The van der Waals surface area contributed by atoms with Crippen molar-refractivity contribution in [2.24, 2.45) is 28.6 Å². The summed E-state index contributed by atoms with van der Waals surface area (Å²) in [6, 6.07) is 0. The van der Waals surface area contributed by atoms with E-state index in [4.69, 9.17) is 4.74 Å². The molecule has 4 aliphatic rings. The molecule has 0 N–H and O–H groups in total. The predicted molar refractivity (Wildman–Crippen MR) is 91.8 cm³/mol. The molecular formula is C21H30O2. The van der Waals surface area contributed by atoms with Crippen LogP contribution in [0.25, 0.3) is 0 Å². The van der Waals surface area contributed by atoms with E-state index < -0.39 is 0 Å². The van der Waals surface area contributed by atoms with Gasteiger partial charge in [0.1, 0.15) is 6.10 Å². The topological polar surface area (TPSA) is 26.3 Å². The van der Waals surface area contributed by atoms with E-state index >= 15 is 0 Å². The van der Waals surface area contributed by atoms with E-state index in [1.807, 2.05) is 0 Å². The highest BCUT2D eigenvalue weighted by Crippen LogP contribution is 2.63. The third-order valence-corrected chi connectivity index (χ3v) is 7.69. The van der Waals surface area contributed by atoms with Gasteiger partial charge >= 0.3 is 5.97 Å². The van der Waals surface area contributed by atoms with Crippen LogP contribution in [-0.2, 0) is 9.53 Å². The average molecular weight is 314 g/mol. The maximum absolute atomic E-state index is 11.3. The van der Waals surface area contributed by atoms with Crippen molar-refractivity contribution in [3.05, 3.63) is 23.8 Å². The molecule has 6 atom stereocenters. The Labute approximate surface area is 140 Å². The number of carbonyl (C=O) groups excluding carboxylic acids is 1. The summed E-state index contributed by atoms with van der Waals surface area (Å²) in [6.45, 7) is 6.54. The lowest BCUT2D eigenvalue weighted by Crippen LogP contribution is -2.49. The average Bonchev–Trinajstić information content (AvgIpc) is 2.89. The summed E-state index contributed by atoms with van der Waals surface area (Å²) in [7, 11) is 0. The standard InChI is InChI=1S/C21H30O2/c1-14(22)23-16-8-12-21(3)15(13-16)6-7-17-18-5-4-10-20(18,2)11-9-19(17)21/h4-6,16-19H,7-13H2,1-3H3. The van der Waals surface area contributed by atoms with Crippen LogP contribution in [0, 0.1) is 28.6 Å². The molecule has 0 aliphatic heterocycles. The Morgan fingerprint density at radius 3 is 2.87 bits per heavy atom. The summed E-state index contributed by atoms with van der Waals surface area (Å²) in [4.78, 5) is 11.3. The van der Waals surface area contributed by atoms with Gasteiger partial charge in [-0.1, -0.05) is 37.6 Å². The highest BCUT2D eigenvalue weighted by molar-refractivity contribution is 5.66. The minimum absolute atomic E-state index is 0.114. The summed E-state index contributed by atoms with van der Waals surface area (Å²) in [6.07, 6.45) is 16.1. The van der Waals surface area contributed by atoms with Crippen LogP contribution < -0.4 is 0 Å². The van der Waals surface area contributed by atoms with Gasteiger partial charge in [-0.05, 0) is 67.1 Å². The Bertz CT molecular complexity index is 574. The van der Waals surface area contributed by atoms with E-state index in [1.54, 1.807) is 5.57 Å². The van der Waals surface area contributed by atoms with Crippen molar-refractivity contribution in [3.8, 4) is 0 Å². The molecule has 0 aromatic rings. The van der Waals surface area contributed by atoms with Crippen molar-refractivity contribution in [1.29, 1.82) is 0 Å². The first-order chi connectivity index (χ1) is 10.9. The smallest absolute Gasteiger partial charge is 0.302 e. The van der Waals surface area contributed by atoms with Gasteiger partial charge in [0.05, 0.1) is 0 Å². The first-order valence-electron chi connectivity index (χ1n) is 9.46. The van der Waals surface area contributed by atoms with Crippen LogP contribution >= 0.6 is 0 Å². The molecule has 2 fully saturated rings. The Hall–Kier alpha value is -1.05. The van der Waals surface area contributed by atoms with Gasteiger partial charge in [-0.2, -0.15) is 0 Å². The molecular weight excluding hydrogens is 284 g/mol. The number of allylic oxidation sites excluding steroid dienone is 3.